The summed E-state index contributed by atoms with van der Waals surface area (Å²) in [6.07, 6.45) is 2.62. The molecule has 0 N–H and O–H groups in total. The van der Waals surface area contributed by atoms with Crippen molar-refractivity contribution in [2.24, 2.45) is 7.05 Å². The number of para-hydroxylation sites is 1. The third-order valence-electron chi connectivity index (χ3n) is 2.52. The molecule has 1 heterocycles. The zero-order valence-electron chi connectivity index (χ0n) is 13.8. The van der Waals surface area contributed by atoms with E-state index in [0.29, 0.717) is 5.82 Å². The van der Waals surface area contributed by atoms with E-state index in [1.807, 2.05) is 46.9 Å². The van der Waals surface area contributed by atoms with Crippen LogP contribution in [0.4, 0.5) is 0 Å². The Morgan fingerprint density at radius 2 is 1.80 bits per heavy atom. The summed E-state index contributed by atoms with van der Waals surface area (Å²) in [5.41, 5.74) is 2.12. The van der Waals surface area contributed by atoms with Crippen LogP contribution in [0, 0.1) is 0 Å². The van der Waals surface area contributed by atoms with Gasteiger partial charge in [-0.25, -0.2) is 4.98 Å². The average Bonchev–Trinajstić information content (AvgIpc) is 2.96. The Bertz CT molecular complexity index is 492. The number of ether oxygens (including phenoxy) is 1. The van der Waals surface area contributed by atoms with Crippen LogP contribution in [0.5, 0.6) is 5.75 Å². The Kier molecular flexibility index (Phi) is 9.09. The van der Waals surface area contributed by atoms with Crippen molar-refractivity contribution >= 4 is 0 Å². The van der Waals surface area contributed by atoms with Crippen LogP contribution in [0.15, 0.2) is 24.5 Å². The average molecular weight is 277 g/mol. The number of nitrogens with zero attached hydrogens (tertiary/aromatic N) is 3. The SMILES string of the molecule is CC.CC.CCc1cccc(-c2ncn(C)n2)c1OC. The predicted molar refractivity (Wildman–Crippen MR) is 85.1 cm³/mol. The van der Waals surface area contributed by atoms with Gasteiger partial charge in [-0.15, -0.1) is 0 Å². The lowest BCUT2D eigenvalue weighted by Gasteiger charge is -2.09. The molecule has 0 radical (unpaired) electrons. The van der Waals surface area contributed by atoms with E-state index in [1.165, 1.54) is 5.56 Å². The normalized spacial score (nSPS) is 8.95. The van der Waals surface area contributed by atoms with E-state index in [2.05, 4.69) is 23.1 Å². The molecule has 2 aromatic rings. The van der Waals surface area contributed by atoms with Gasteiger partial charge in [-0.2, -0.15) is 5.10 Å². The zero-order chi connectivity index (χ0) is 15.5. The minimum absolute atomic E-state index is 0.703. The van der Waals surface area contributed by atoms with Gasteiger partial charge >= 0.3 is 0 Å². The van der Waals surface area contributed by atoms with Gasteiger partial charge in [-0.3, -0.25) is 4.68 Å². The van der Waals surface area contributed by atoms with Gasteiger partial charge in [-0.1, -0.05) is 46.8 Å². The standard InChI is InChI=1S/C12H15N3O.2C2H6/c1-4-9-6-5-7-10(11(9)16-3)12-13-8-15(2)14-12;2*1-2/h5-8H,4H2,1-3H3;2*1-2H3. The van der Waals surface area contributed by atoms with Crippen LogP contribution in [0.2, 0.25) is 0 Å². The Morgan fingerprint density at radius 3 is 2.25 bits per heavy atom. The fourth-order valence-corrected chi connectivity index (χ4v) is 1.74. The fraction of sp³-hybridized carbons (Fsp3) is 0.500. The lowest BCUT2D eigenvalue weighted by molar-refractivity contribution is 0.411. The summed E-state index contributed by atoms with van der Waals surface area (Å²) >= 11 is 0. The van der Waals surface area contributed by atoms with Crippen molar-refractivity contribution in [3.63, 3.8) is 0 Å². The van der Waals surface area contributed by atoms with Crippen molar-refractivity contribution < 1.29 is 4.74 Å². The highest BCUT2D eigenvalue weighted by atomic mass is 16.5. The molecule has 0 saturated heterocycles. The summed E-state index contributed by atoms with van der Waals surface area (Å²) < 4.78 is 7.13. The van der Waals surface area contributed by atoms with Gasteiger partial charge in [0.25, 0.3) is 0 Å². The molecule has 112 valence electrons. The molecule has 0 unspecified atom stereocenters. The molecule has 0 aliphatic carbocycles. The van der Waals surface area contributed by atoms with Gasteiger partial charge in [0.2, 0.25) is 0 Å². The number of aryl methyl sites for hydroxylation is 2. The summed E-state index contributed by atoms with van der Waals surface area (Å²) in [5, 5.41) is 4.29. The van der Waals surface area contributed by atoms with E-state index in [1.54, 1.807) is 18.1 Å². The number of hydrogen-bond acceptors (Lipinski definition) is 3. The number of aromatic nitrogens is 3. The molecule has 0 fully saturated rings. The van der Waals surface area contributed by atoms with Crippen LogP contribution in [-0.2, 0) is 13.5 Å². The van der Waals surface area contributed by atoms with E-state index in [0.717, 1.165) is 17.7 Å². The van der Waals surface area contributed by atoms with Gasteiger partial charge in [0, 0.05) is 7.05 Å². The van der Waals surface area contributed by atoms with E-state index < -0.39 is 0 Å². The smallest absolute Gasteiger partial charge is 0.184 e. The maximum absolute atomic E-state index is 5.44. The summed E-state index contributed by atoms with van der Waals surface area (Å²) in [6, 6.07) is 6.05. The minimum Gasteiger partial charge on any atom is -0.496 e. The molecule has 1 aromatic heterocycles. The lowest BCUT2D eigenvalue weighted by atomic mass is 10.1. The Balaban J connectivity index is 0.000000829. The summed E-state index contributed by atoms with van der Waals surface area (Å²) in [6.45, 7) is 10.1. The van der Waals surface area contributed by atoms with Crippen molar-refractivity contribution in [3.05, 3.63) is 30.1 Å². The number of benzene rings is 1. The molecule has 20 heavy (non-hydrogen) atoms. The van der Waals surface area contributed by atoms with Crippen molar-refractivity contribution in [1.29, 1.82) is 0 Å². The second-order valence-corrected chi connectivity index (χ2v) is 3.59. The second kappa shape index (κ2) is 10.0. The van der Waals surface area contributed by atoms with Crippen LogP contribution in [-0.4, -0.2) is 21.9 Å². The predicted octanol–water partition coefficient (Wildman–Crippen LogP) is 4.11. The first-order valence-electron chi connectivity index (χ1n) is 7.28. The first-order valence-corrected chi connectivity index (χ1v) is 7.28. The third kappa shape index (κ3) is 4.37. The summed E-state index contributed by atoms with van der Waals surface area (Å²) in [5.74, 6) is 1.57. The van der Waals surface area contributed by atoms with Crippen LogP contribution < -0.4 is 4.74 Å². The molecule has 0 amide bonds. The third-order valence-corrected chi connectivity index (χ3v) is 2.52. The molecule has 0 bridgehead atoms. The number of rotatable bonds is 3. The van der Waals surface area contributed by atoms with Gasteiger partial charge in [0.1, 0.15) is 12.1 Å². The highest BCUT2D eigenvalue weighted by molar-refractivity contribution is 5.66. The largest absolute Gasteiger partial charge is 0.496 e. The molecular formula is C16H27N3O. The minimum atomic E-state index is 0.703. The maximum Gasteiger partial charge on any atom is 0.184 e. The molecule has 1 aromatic carbocycles. The van der Waals surface area contributed by atoms with Crippen LogP contribution >= 0.6 is 0 Å². The topological polar surface area (TPSA) is 39.9 Å². The number of hydrogen-bond donors (Lipinski definition) is 0. The highest BCUT2D eigenvalue weighted by Crippen LogP contribution is 2.30. The lowest BCUT2D eigenvalue weighted by Crippen LogP contribution is -1.95. The van der Waals surface area contributed by atoms with E-state index in [-0.39, 0.29) is 0 Å². The van der Waals surface area contributed by atoms with Gasteiger partial charge in [0.05, 0.1) is 12.7 Å². The first kappa shape index (κ1) is 18.2. The molecule has 0 atom stereocenters. The monoisotopic (exact) mass is 277 g/mol. The van der Waals surface area contributed by atoms with E-state index >= 15 is 0 Å². The van der Waals surface area contributed by atoms with E-state index in [9.17, 15) is 0 Å². The molecule has 4 nitrogen and oxygen atoms in total. The number of methoxy groups -OCH3 is 1. The van der Waals surface area contributed by atoms with Crippen LogP contribution in [0.25, 0.3) is 11.4 Å². The molecule has 0 aliphatic rings. The maximum atomic E-state index is 5.44. The van der Waals surface area contributed by atoms with Crippen molar-refractivity contribution in [1.82, 2.24) is 14.8 Å². The molecule has 0 aliphatic heterocycles. The van der Waals surface area contributed by atoms with Crippen LogP contribution in [0.3, 0.4) is 0 Å². The molecule has 0 spiro atoms. The first-order chi connectivity index (χ1) is 9.76. The fourth-order valence-electron chi connectivity index (χ4n) is 1.74. The highest BCUT2D eigenvalue weighted by Gasteiger charge is 2.12. The quantitative estimate of drug-likeness (QED) is 0.847. The van der Waals surface area contributed by atoms with Gasteiger partial charge in [-0.05, 0) is 18.1 Å². The Hall–Kier alpha value is -1.84. The van der Waals surface area contributed by atoms with E-state index in [4.69, 9.17) is 4.74 Å². The zero-order valence-corrected chi connectivity index (χ0v) is 13.8. The molecule has 2 rings (SSSR count). The van der Waals surface area contributed by atoms with Gasteiger partial charge < -0.3 is 4.74 Å². The van der Waals surface area contributed by atoms with Crippen molar-refractivity contribution in [2.45, 2.75) is 41.0 Å². The molecular weight excluding hydrogens is 250 g/mol. The summed E-state index contributed by atoms with van der Waals surface area (Å²) in [4.78, 5) is 4.24. The van der Waals surface area contributed by atoms with Crippen LogP contribution in [0.1, 0.15) is 40.2 Å². The summed E-state index contributed by atoms with van der Waals surface area (Å²) in [7, 11) is 3.54. The second-order valence-electron chi connectivity index (χ2n) is 3.59. The van der Waals surface area contributed by atoms with Crippen molar-refractivity contribution in [3.8, 4) is 17.1 Å². The molecule has 4 heteroatoms. The van der Waals surface area contributed by atoms with Crippen molar-refractivity contribution in [2.75, 3.05) is 7.11 Å². The Morgan fingerprint density at radius 1 is 1.15 bits per heavy atom. The molecule has 0 saturated carbocycles. The van der Waals surface area contributed by atoms with Gasteiger partial charge in [0.15, 0.2) is 5.82 Å². The Labute approximate surface area is 122 Å².